The number of benzene rings is 1. The predicted molar refractivity (Wildman–Crippen MR) is 127 cm³/mol. The number of piperidine rings is 1. The molecule has 10 heteroatoms. The van der Waals surface area contributed by atoms with E-state index in [9.17, 15) is 4.79 Å². The number of rotatable bonds is 6. The molecule has 34 heavy (non-hydrogen) atoms. The van der Waals surface area contributed by atoms with Crippen LogP contribution in [-0.2, 0) is 7.05 Å². The summed E-state index contributed by atoms with van der Waals surface area (Å²) in [4.78, 5) is 15.3. The van der Waals surface area contributed by atoms with Gasteiger partial charge in [-0.3, -0.25) is 9.48 Å². The van der Waals surface area contributed by atoms with E-state index in [2.05, 4.69) is 15.3 Å². The fourth-order valence-electron chi connectivity index (χ4n) is 4.24. The highest BCUT2D eigenvalue weighted by atomic mass is 32.1. The molecule has 1 unspecified atom stereocenters. The first-order chi connectivity index (χ1) is 16.6. The van der Waals surface area contributed by atoms with Gasteiger partial charge in [0.05, 0.1) is 25.8 Å². The number of thiophene rings is 1. The standard InChI is InChI=1S/C24H25N5O4S/c1-28-20(12-19(27-28)18-11-17(31-2)6-7-21(18)32-3)24(30)29-9-4-5-15(13-29)22-25-26-23(33-22)16-8-10-34-14-16/h6-8,10-12,14-15H,4-5,9,13H2,1-3H3. The van der Waals surface area contributed by atoms with Crippen molar-refractivity contribution in [2.24, 2.45) is 7.05 Å². The lowest BCUT2D eigenvalue weighted by atomic mass is 9.97. The van der Waals surface area contributed by atoms with E-state index < -0.39 is 0 Å². The van der Waals surface area contributed by atoms with Gasteiger partial charge in [-0.2, -0.15) is 16.4 Å². The van der Waals surface area contributed by atoms with Crippen molar-refractivity contribution in [1.29, 1.82) is 0 Å². The Hall–Kier alpha value is -3.66. The zero-order valence-corrected chi connectivity index (χ0v) is 20.0. The minimum absolute atomic E-state index is 0.00348. The first-order valence-corrected chi connectivity index (χ1v) is 11.9. The van der Waals surface area contributed by atoms with Crippen LogP contribution in [0.25, 0.3) is 22.7 Å². The van der Waals surface area contributed by atoms with Crippen molar-refractivity contribution in [3.63, 3.8) is 0 Å². The molecule has 1 saturated heterocycles. The molecular formula is C24H25N5O4S. The molecule has 176 valence electrons. The van der Waals surface area contributed by atoms with E-state index >= 15 is 0 Å². The van der Waals surface area contributed by atoms with Gasteiger partial charge in [0.1, 0.15) is 17.2 Å². The van der Waals surface area contributed by atoms with Crippen molar-refractivity contribution >= 4 is 17.2 Å². The molecule has 1 amide bonds. The molecule has 0 bridgehead atoms. The Morgan fingerprint density at radius 3 is 2.82 bits per heavy atom. The SMILES string of the molecule is COc1ccc(OC)c(-c2cc(C(=O)N3CCCC(c4nnc(-c5ccsc5)o4)C3)n(C)n2)c1. The second-order valence-electron chi connectivity index (χ2n) is 8.15. The number of carbonyl (C=O) groups excluding carboxylic acids is 1. The van der Waals surface area contributed by atoms with E-state index in [-0.39, 0.29) is 11.8 Å². The summed E-state index contributed by atoms with van der Waals surface area (Å²) in [7, 11) is 4.99. The highest BCUT2D eigenvalue weighted by molar-refractivity contribution is 7.08. The van der Waals surface area contributed by atoms with E-state index in [1.54, 1.807) is 43.4 Å². The molecule has 0 saturated carbocycles. The zero-order valence-electron chi connectivity index (χ0n) is 19.2. The predicted octanol–water partition coefficient (Wildman–Crippen LogP) is 4.24. The number of amides is 1. The Balaban J connectivity index is 1.36. The number of aryl methyl sites for hydroxylation is 1. The molecule has 1 aliphatic rings. The lowest BCUT2D eigenvalue weighted by Gasteiger charge is -2.31. The van der Waals surface area contributed by atoms with Gasteiger partial charge in [0.15, 0.2) is 0 Å². The van der Waals surface area contributed by atoms with Gasteiger partial charge in [0.25, 0.3) is 5.91 Å². The Morgan fingerprint density at radius 1 is 1.18 bits per heavy atom. The van der Waals surface area contributed by atoms with E-state index in [0.717, 1.165) is 24.0 Å². The monoisotopic (exact) mass is 479 g/mol. The van der Waals surface area contributed by atoms with Crippen LogP contribution >= 0.6 is 11.3 Å². The lowest BCUT2D eigenvalue weighted by Crippen LogP contribution is -2.40. The number of carbonyl (C=O) groups is 1. The Kier molecular flexibility index (Phi) is 6.06. The maximum absolute atomic E-state index is 13.5. The molecule has 1 fully saturated rings. The summed E-state index contributed by atoms with van der Waals surface area (Å²) in [5, 5.41) is 17.0. The number of likely N-dealkylation sites (tertiary alicyclic amines) is 1. The molecule has 1 aromatic carbocycles. The average Bonchev–Trinajstić information content (AvgIpc) is 3.64. The molecule has 5 rings (SSSR count). The first kappa shape index (κ1) is 22.1. The van der Waals surface area contributed by atoms with Crippen molar-refractivity contribution in [3.8, 4) is 34.2 Å². The van der Waals surface area contributed by atoms with Crippen LogP contribution < -0.4 is 9.47 Å². The average molecular weight is 480 g/mol. The quantitative estimate of drug-likeness (QED) is 0.408. The van der Waals surface area contributed by atoms with E-state index in [1.807, 2.05) is 39.9 Å². The minimum Gasteiger partial charge on any atom is -0.497 e. The van der Waals surface area contributed by atoms with Gasteiger partial charge in [0, 0.05) is 36.6 Å². The van der Waals surface area contributed by atoms with Gasteiger partial charge in [-0.15, -0.1) is 10.2 Å². The van der Waals surface area contributed by atoms with Gasteiger partial charge in [-0.25, -0.2) is 0 Å². The van der Waals surface area contributed by atoms with Gasteiger partial charge < -0.3 is 18.8 Å². The van der Waals surface area contributed by atoms with E-state index in [4.69, 9.17) is 13.9 Å². The Morgan fingerprint density at radius 2 is 2.06 bits per heavy atom. The Labute approximate surface area is 200 Å². The number of aromatic nitrogens is 4. The molecule has 0 spiro atoms. The number of nitrogens with zero attached hydrogens (tertiary/aromatic N) is 5. The summed E-state index contributed by atoms with van der Waals surface area (Å²) in [5.41, 5.74) is 2.83. The van der Waals surface area contributed by atoms with Crippen LogP contribution in [0.3, 0.4) is 0 Å². The highest BCUT2D eigenvalue weighted by Gasteiger charge is 2.30. The van der Waals surface area contributed by atoms with E-state index in [0.29, 0.717) is 47.8 Å². The summed E-state index contributed by atoms with van der Waals surface area (Å²) < 4.78 is 18.4. The topological polar surface area (TPSA) is 95.5 Å². The molecule has 1 atom stereocenters. The smallest absolute Gasteiger partial charge is 0.272 e. The van der Waals surface area contributed by atoms with Crippen LogP contribution in [-0.4, -0.2) is 58.1 Å². The molecular weight excluding hydrogens is 454 g/mol. The fraction of sp³-hybridized carbons (Fsp3) is 0.333. The second kappa shape index (κ2) is 9.30. The van der Waals surface area contributed by atoms with Gasteiger partial charge >= 0.3 is 0 Å². The largest absolute Gasteiger partial charge is 0.497 e. The molecule has 9 nitrogen and oxygen atoms in total. The summed E-state index contributed by atoms with van der Waals surface area (Å²) >= 11 is 1.58. The molecule has 4 heterocycles. The summed E-state index contributed by atoms with van der Waals surface area (Å²) in [6, 6.07) is 9.26. The van der Waals surface area contributed by atoms with Gasteiger partial charge in [-0.05, 0) is 48.6 Å². The highest BCUT2D eigenvalue weighted by Crippen LogP contribution is 2.34. The maximum Gasteiger partial charge on any atom is 0.272 e. The summed E-state index contributed by atoms with van der Waals surface area (Å²) in [6.07, 6.45) is 1.76. The third-order valence-electron chi connectivity index (χ3n) is 6.05. The molecule has 0 radical (unpaired) electrons. The van der Waals surface area contributed by atoms with E-state index in [1.165, 1.54) is 0 Å². The van der Waals surface area contributed by atoms with Crippen molar-refractivity contribution in [3.05, 3.63) is 52.7 Å². The van der Waals surface area contributed by atoms with Crippen molar-refractivity contribution in [2.75, 3.05) is 27.3 Å². The third kappa shape index (κ3) is 4.16. The number of ether oxygens (including phenoxy) is 2. The van der Waals surface area contributed by atoms with Gasteiger partial charge in [-0.1, -0.05) is 0 Å². The molecule has 3 aromatic heterocycles. The van der Waals surface area contributed by atoms with Crippen LogP contribution in [0.15, 0.2) is 45.5 Å². The minimum atomic E-state index is -0.0783. The van der Waals surface area contributed by atoms with Crippen LogP contribution in [0, 0.1) is 0 Å². The van der Waals surface area contributed by atoms with Crippen molar-refractivity contribution in [1.82, 2.24) is 24.9 Å². The van der Waals surface area contributed by atoms with Gasteiger partial charge in [0.2, 0.25) is 11.8 Å². The van der Waals surface area contributed by atoms with Crippen LogP contribution in [0.1, 0.15) is 35.1 Å². The van der Waals surface area contributed by atoms with Crippen molar-refractivity contribution < 1.29 is 18.7 Å². The second-order valence-corrected chi connectivity index (χ2v) is 8.93. The van der Waals surface area contributed by atoms with Crippen LogP contribution in [0.4, 0.5) is 0 Å². The van der Waals surface area contributed by atoms with Crippen LogP contribution in [0.2, 0.25) is 0 Å². The lowest BCUT2D eigenvalue weighted by molar-refractivity contribution is 0.0687. The van der Waals surface area contributed by atoms with Crippen LogP contribution in [0.5, 0.6) is 11.5 Å². The molecule has 0 aliphatic carbocycles. The summed E-state index contributed by atoms with van der Waals surface area (Å²) in [6.45, 7) is 1.19. The number of methoxy groups -OCH3 is 2. The summed E-state index contributed by atoms with van der Waals surface area (Å²) in [5.74, 6) is 2.37. The molecule has 4 aromatic rings. The zero-order chi connectivity index (χ0) is 23.7. The third-order valence-corrected chi connectivity index (χ3v) is 6.73. The van der Waals surface area contributed by atoms with Crippen molar-refractivity contribution in [2.45, 2.75) is 18.8 Å². The number of hydrogen-bond acceptors (Lipinski definition) is 8. The first-order valence-electron chi connectivity index (χ1n) is 11.0. The normalized spacial score (nSPS) is 16.0. The maximum atomic E-state index is 13.5. The fourth-order valence-corrected chi connectivity index (χ4v) is 4.87. The Bertz CT molecular complexity index is 1300. The molecule has 0 N–H and O–H groups in total. The number of hydrogen-bond donors (Lipinski definition) is 0. The molecule has 1 aliphatic heterocycles.